The predicted octanol–water partition coefficient (Wildman–Crippen LogP) is 2.24. The van der Waals surface area contributed by atoms with Crippen LogP contribution in [-0.4, -0.2) is 27.9 Å². The number of hydrogen-bond acceptors (Lipinski definition) is 5. The number of carbonyl (C=O) groups excluding carboxylic acids is 1. The number of benzene rings is 1. The van der Waals surface area contributed by atoms with E-state index in [1.54, 1.807) is 0 Å². The fourth-order valence-corrected chi connectivity index (χ4v) is 2.85. The zero-order valence-corrected chi connectivity index (χ0v) is 13.0. The summed E-state index contributed by atoms with van der Waals surface area (Å²) in [5.74, 6) is 0.737. The van der Waals surface area contributed by atoms with Gasteiger partial charge in [-0.15, -0.1) is 12.4 Å². The molecule has 0 saturated carbocycles. The van der Waals surface area contributed by atoms with E-state index in [2.05, 4.69) is 20.0 Å². The molecule has 0 radical (unpaired) electrons. The zero-order valence-electron chi connectivity index (χ0n) is 11.4. The predicted molar refractivity (Wildman–Crippen MR) is 86.1 cm³/mol. The van der Waals surface area contributed by atoms with Gasteiger partial charge >= 0.3 is 0 Å². The molecule has 1 fully saturated rings. The molecule has 7 heteroatoms. The summed E-state index contributed by atoms with van der Waals surface area (Å²) < 4.78 is 4.29. The Morgan fingerprint density at radius 3 is 2.90 bits per heavy atom. The Morgan fingerprint density at radius 1 is 1.38 bits per heavy atom. The number of rotatable bonds is 4. The lowest BCUT2D eigenvalue weighted by atomic mass is 10.1. The van der Waals surface area contributed by atoms with E-state index in [-0.39, 0.29) is 24.4 Å². The molecule has 21 heavy (non-hydrogen) atoms. The summed E-state index contributed by atoms with van der Waals surface area (Å²) in [4.78, 5) is 16.3. The van der Waals surface area contributed by atoms with E-state index in [9.17, 15) is 4.79 Å². The van der Waals surface area contributed by atoms with Gasteiger partial charge in [0, 0.05) is 18.0 Å². The number of carbonyl (C=O) groups is 1. The molecule has 1 atom stereocenters. The maximum absolute atomic E-state index is 11.9. The van der Waals surface area contributed by atoms with E-state index in [0.29, 0.717) is 11.6 Å². The Hall–Kier alpha value is -1.50. The first-order valence-electron chi connectivity index (χ1n) is 6.72. The van der Waals surface area contributed by atoms with Crippen molar-refractivity contribution in [2.75, 3.05) is 11.9 Å². The standard InChI is InChI=1S/C14H16N4OS.ClH/c19-13(11-7-4-8-15-11)17-14-16-12(18-20-14)9-10-5-2-1-3-6-10;/h1-3,5-6,11,15H,4,7-9H2,(H,16,17,18,19);1H. The molecule has 1 aliphatic heterocycles. The SMILES string of the molecule is Cl.O=C(Nc1nc(Cc2ccccc2)ns1)C1CCCN1. The van der Waals surface area contributed by atoms with E-state index in [1.807, 2.05) is 30.3 Å². The number of aromatic nitrogens is 2. The van der Waals surface area contributed by atoms with Crippen LogP contribution in [0.5, 0.6) is 0 Å². The summed E-state index contributed by atoms with van der Waals surface area (Å²) in [5, 5.41) is 6.58. The van der Waals surface area contributed by atoms with Gasteiger partial charge < -0.3 is 5.32 Å². The second-order valence-electron chi connectivity index (χ2n) is 4.82. The Kier molecular flexibility index (Phi) is 5.67. The van der Waals surface area contributed by atoms with Crippen LogP contribution in [0, 0.1) is 0 Å². The molecule has 1 aliphatic rings. The van der Waals surface area contributed by atoms with Crippen LogP contribution in [0.3, 0.4) is 0 Å². The second kappa shape index (κ2) is 7.49. The highest BCUT2D eigenvalue weighted by Crippen LogP contribution is 2.15. The van der Waals surface area contributed by atoms with Crippen LogP contribution in [0.1, 0.15) is 24.2 Å². The number of nitrogens with zero attached hydrogens (tertiary/aromatic N) is 2. The average Bonchev–Trinajstić information content (AvgIpc) is 3.11. The molecule has 0 spiro atoms. The minimum Gasteiger partial charge on any atom is -0.306 e. The largest absolute Gasteiger partial charge is 0.306 e. The number of amides is 1. The highest BCUT2D eigenvalue weighted by molar-refractivity contribution is 7.09. The number of nitrogens with one attached hydrogen (secondary N) is 2. The van der Waals surface area contributed by atoms with E-state index in [0.717, 1.165) is 25.2 Å². The molecule has 1 aromatic heterocycles. The topological polar surface area (TPSA) is 66.9 Å². The second-order valence-corrected chi connectivity index (χ2v) is 5.57. The maximum Gasteiger partial charge on any atom is 0.243 e. The highest BCUT2D eigenvalue weighted by atomic mass is 35.5. The zero-order chi connectivity index (χ0) is 13.8. The summed E-state index contributed by atoms with van der Waals surface area (Å²) in [5.41, 5.74) is 1.17. The van der Waals surface area contributed by atoms with Gasteiger partial charge in [-0.1, -0.05) is 30.3 Å². The Labute approximate surface area is 133 Å². The van der Waals surface area contributed by atoms with Gasteiger partial charge in [0.2, 0.25) is 11.0 Å². The van der Waals surface area contributed by atoms with Crippen LogP contribution < -0.4 is 10.6 Å². The van der Waals surface area contributed by atoms with Gasteiger partial charge in [-0.25, -0.2) is 4.98 Å². The van der Waals surface area contributed by atoms with Crippen molar-refractivity contribution >= 4 is 35.0 Å². The Bertz CT molecular complexity index is 584. The lowest BCUT2D eigenvalue weighted by Crippen LogP contribution is -2.35. The third-order valence-corrected chi connectivity index (χ3v) is 3.95. The summed E-state index contributed by atoms with van der Waals surface area (Å²) in [6.07, 6.45) is 2.63. The lowest BCUT2D eigenvalue weighted by molar-refractivity contribution is -0.117. The minimum absolute atomic E-state index is 0. The van der Waals surface area contributed by atoms with Crippen LogP contribution >= 0.6 is 23.9 Å². The molecule has 1 saturated heterocycles. The van der Waals surface area contributed by atoms with E-state index >= 15 is 0 Å². The first kappa shape index (κ1) is 15.9. The Morgan fingerprint density at radius 2 is 2.19 bits per heavy atom. The highest BCUT2D eigenvalue weighted by Gasteiger charge is 2.22. The van der Waals surface area contributed by atoms with Gasteiger partial charge in [-0.2, -0.15) is 4.37 Å². The van der Waals surface area contributed by atoms with E-state index in [4.69, 9.17) is 0 Å². The van der Waals surface area contributed by atoms with Gasteiger partial charge in [0.05, 0.1) is 6.04 Å². The third kappa shape index (κ3) is 4.23. The average molecular weight is 325 g/mol. The van der Waals surface area contributed by atoms with E-state index in [1.165, 1.54) is 17.1 Å². The quantitative estimate of drug-likeness (QED) is 0.905. The summed E-state index contributed by atoms with van der Waals surface area (Å²) in [6.45, 7) is 0.910. The molecule has 0 bridgehead atoms. The molecule has 112 valence electrons. The number of hydrogen-bond donors (Lipinski definition) is 2. The van der Waals surface area contributed by atoms with Crippen molar-refractivity contribution < 1.29 is 4.79 Å². The maximum atomic E-state index is 11.9. The number of anilines is 1. The lowest BCUT2D eigenvalue weighted by Gasteiger charge is -2.07. The first-order chi connectivity index (χ1) is 9.81. The van der Waals surface area contributed by atoms with Crippen molar-refractivity contribution in [1.29, 1.82) is 0 Å². The van der Waals surface area contributed by atoms with Crippen molar-refractivity contribution in [3.63, 3.8) is 0 Å². The van der Waals surface area contributed by atoms with Crippen molar-refractivity contribution in [3.8, 4) is 0 Å². The van der Waals surface area contributed by atoms with Crippen molar-refractivity contribution in [1.82, 2.24) is 14.7 Å². The van der Waals surface area contributed by atoms with Crippen LogP contribution in [0.15, 0.2) is 30.3 Å². The molecular formula is C14H17ClN4OS. The molecule has 1 unspecified atom stereocenters. The van der Waals surface area contributed by atoms with Crippen molar-refractivity contribution in [2.24, 2.45) is 0 Å². The van der Waals surface area contributed by atoms with Gasteiger partial charge in [-0.05, 0) is 24.9 Å². The molecule has 2 aromatic rings. The molecule has 3 rings (SSSR count). The smallest absolute Gasteiger partial charge is 0.243 e. The summed E-state index contributed by atoms with van der Waals surface area (Å²) in [6, 6.07) is 9.98. The van der Waals surface area contributed by atoms with Gasteiger partial charge in [0.15, 0.2) is 0 Å². The normalized spacial score (nSPS) is 17.2. The fourth-order valence-electron chi connectivity index (χ4n) is 2.26. The molecule has 1 amide bonds. The van der Waals surface area contributed by atoms with Crippen LogP contribution in [0.25, 0.3) is 0 Å². The molecule has 0 aliphatic carbocycles. The van der Waals surface area contributed by atoms with Gasteiger partial charge in [-0.3, -0.25) is 10.1 Å². The van der Waals surface area contributed by atoms with Crippen LogP contribution in [0.2, 0.25) is 0 Å². The van der Waals surface area contributed by atoms with Crippen molar-refractivity contribution in [3.05, 3.63) is 41.7 Å². The Balaban J connectivity index is 0.00000161. The molecule has 1 aromatic carbocycles. The fraction of sp³-hybridized carbons (Fsp3) is 0.357. The molecule has 2 heterocycles. The monoisotopic (exact) mass is 324 g/mol. The summed E-state index contributed by atoms with van der Waals surface area (Å²) >= 11 is 1.24. The molecule has 2 N–H and O–H groups in total. The van der Waals surface area contributed by atoms with Crippen LogP contribution in [-0.2, 0) is 11.2 Å². The van der Waals surface area contributed by atoms with E-state index < -0.39 is 0 Å². The van der Waals surface area contributed by atoms with Gasteiger partial charge in [0.1, 0.15) is 5.82 Å². The van der Waals surface area contributed by atoms with Crippen LogP contribution in [0.4, 0.5) is 5.13 Å². The first-order valence-corrected chi connectivity index (χ1v) is 7.49. The summed E-state index contributed by atoms with van der Waals surface area (Å²) in [7, 11) is 0. The molecular weight excluding hydrogens is 308 g/mol. The van der Waals surface area contributed by atoms with Crippen molar-refractivity contribution in [2.45, 2.75) is 25.3 Å². The third-order valence-electron chi connectivity index (χ3n) is 3.28. The number of halogens is 1. The van der Waals surface area contributed by atoms with Gasteiger partial charge in [0.25, 0.3) is 0 Å². The minimum atomic E-state index is -0.0866. The molecule has 5 nitrogen and oxygen atoms in total.